The van der Waals surface area contributed by atoms with E-state index in [9.17, 15) is 14.3 Å². The molecule has 0 amide bonds. The molecule has 1 fully saturated rings. The molecular formula is C29H34FN3O4. The number of ether oxygens (including phenoxy) is 2. The van der Waals surface area contributed by atoms with E-state index in [-0.39, 0.29) is 24.4 Å². The number of carbonyl (C=O) groups is 1. The Kier molecular flexibility index (Phi) is 7.95. The van der Waals surface area contributed by atoms with Crippen molar-refractivity contribution in [1.82, 2.24) is 9.97 Å². The minimum absolute atomic E-state index is 0.00825. The number of benzene rings is 2. The van der Waals surface area contributed by atoms with Gasteiger partial charge in [-0.1, -0.05) is 32.9 Å². The quantitative estimate of drug-likeness (QED) is 0.315. The normalized spacial score (nSPS) is 14.2. The molecule has 2 aromatic carbocycles. The molecule has 1 aromatic heterocycles. The number of halogens is 1. The van der Waals surface area contributed by atoms with Crippen molar-refractivity contribution in [3.63, 3.8) is 0 Å². The van der Waals surface area contributed by atoms with Gasteiger partial charge in [-0.15, -0.1) is 0 Å². The zero-order valence-corrected chi connectivity index (χ0v) is 21.8. The van der Waals surface area contributed by atoms with E-state index in [1.54, 1.807) is 18.3 Å². The van der Waals surface area contributed by atoms with Gasteiger partial charge in [-0.3, -0.25) is 9.78 Å². The number of methoxy groups -OCH3 is 1. The number of hydrogen-bond acceptors (Lipinski definition) is 6. The fraction of sp³-hybridized carbons (Fsp3) is 0.414. The van der Waals surface area contributed by atoms with Crippen molar-refractivity contribution < 1.29 is 23.8 Å². The van der Waals surface area contributed by atoms with Crippen LogP contribution in [0.4, 0.5) is 10.2 Å². The maximum absolute atomic E-state index is 14.7. The van der Waals surface area contributed by atoms with E-state index < -0.39 is 11.8 Å². The third-order valence-corrected chi connectivity index (χ3v) is 6.30. The molecule has 3 aromatic rings. The van der Waals surface area contributed by atoms with E-state index in [2.05, 4.69) is 31.1 Å². The number of aromatic nitrogens is 2. The zero-order chi connectivity index (χ0) is 26.6. The van der Waals surface area contributed by atoms with Crippen LogP contribution in [0, 0.1) is 17.2 Å². The number of anilines is 1. The van der Waals surface area contributed by atoms with Gasteiger partial charge >= 0.3 is 5.97 Å². The van der Waals surface area contributed by atoms with Crippen LogP contribution in [0.15, 0.2) is 48.7 Å². The molecule has 1 aliphatic carbocycles. The minimum atomic E-state index is -0.790. The number of carboxylic acid groups (broad SMARTS) is 1. The molecule has 0 bridgehead atoms. The maximum Gasteiger partial charge on any atom is 0.303 e. The highest BCUT2D eigenvalue weighted by Crippen LogP contribution is 2.45. The van der Waals surface area contributed by atoms with Crippen LogP contribution >= 0.6 is 0 Å². The third-order valence-electron chi connectivity index (χ3n) is 6.30. The SMILES string of the molecule is COc1ccc(F)c(-c2ncc(COc3cccc([C@@H](CC(=O)O)C4CC4)c3)nc2NCC(C)(C)C)c1. The summed E-state index contributed by atoms with van der Waals surface area (Å²) in [6.45, 7) is 7.06. The number of aliphatic carboxylic acids is 1. The summed E-state index contributed by atoms with van der Waals surface area (Å²) in [4.78, 5) is 20.6. The van der Waals surface area contributed by atoms with E-state index in [0.717, 1.165) is 18.4 Å². The molecule has 1 saturated carbocycles. The molecule has 7 nitrogen and oxygen atoms in total. The van der Waals surface area contributed by atoms with Gasteiger partial charge in [0.25, 0.3) is 0 Å². The Bertz CT molecular complexity index is 1250. The highest BCUT2D eigenvalue weighted by Gasteiger charge is 2.33. The van der Waals surface area contributed by atoms with E-state index in [0.29, 0.717) is 46.7 Å². The van der Waals surface area contributed by atoms with Crippen molar-refractivity contribution in [3.8, 4) is 22.8 Å². The lowest BCUT2D eigenvalue weighted by Gasteiger charge is -2.21. The predicted octanol–water partition coefficient (Wildman–Crippen LogP) is 6.30. The Morgan fingerprint density at radius 3 is 2.65 bits per heavy atom. The summed E-state index contributed by atoms with van der Waals surface area (Å²) >= 11 is 0. The number of rotatable bonds is 11. The first-order valence-electron chi connectivity index (χ1n) is 12.5. The molecule has 1 aliphatic rings. The average Bonchev–Trinajstić information content (AvgIpc) is 3.70. The van der Waals surface area contributed by atoms with Crippen LogP contribution in [0.2, 0.25) is 0 Å². The summed E-state index contributed by atoms with van der Waals surface area (Å²) in [7, 11) is 1.53. The Hall–Kier alpha value is -3.68. The van der Waals surface area contributed by atoms with Crippen molar-refractivity contribution >= 4 is 11.8 Å². The largest absolute Gasteiger partial charge is 0.497 e. The van der Waals surface area contributed by atoms with Gasteiger partial charge in [0.15, 0.2) is 5.82 Å². The van der Waals surface area contributed by atoms with E-state index >= 15 is 0 Å². The molecule has 0 unspecified atom stereocenters. The van der Waals surface area contributed by atoms with Crippen molar-refractivity contribution in [2.45, 2.75) is 52.6 Å². The summed E-state index contributed by atoms with van der Waals surface area (Å²) in [6.07, 6.45) is 3.81. The Morgan fingerprint density at radius 1 is 1.19 bits per heavy atom. The molecule has 0 saturated heterocycles. The summed E-state index contributed by atoms with van der Waals surface area (Å²) in [5.74, 6) is 0.834. The fourth-order valence-electron chi connectivity index (χ4n) is 4.21. The van der Waals surface area contributed by atoms with Crippen LogP contribution in [0.1, 0.15) is 57.2 Å². The maximum atomic E-state index is 14.7. The van der Waals surface area contributed by atoms with Crippen molar-refractivity contribution in [1.29, 1.82) is 0 Å². The molecule has 0 spiro atoms. The predicted molar refractivity (Wildman–Crippen MR) is 140 cm³/mol. The molecule has 1 heterocycles. The van der Waals surface area contributed by atoms with Crippen LogP contribution in [0.25, 0.3) is 11.3 Å². The second-order valence-corrected chi connectivity index (χ2v) is 10.7. The molecule has 0 radical (unpaired) electrons. The molecule has 4 rings (SSSR count). The summed E-state index contributed by atoms with van der Waals surface area (Å²) in [5, 5.41) is 12.7. The van der Waals surface area contributed by atoms with Crippen LogP contribution in [-0.2, 0) is 11.4 Å². The smallest absolute Gasteiger partial charge is 0.303 e. The van der Waals surface area contributed by atoms with Gasteiger partial charge in [-0.2, -0.15) is 0 Å². The Labute approximate surface area is 217 Å². The first-order chi connectivity index (χ1) is 17.6. The molecule has 8 heteroatoms. The first kappa shape index (κ1) is 26.4. The van der Waals surface area contributed by atoms with Crippen molar-refractivity contribution in [3.05, 3.63) is 65.7 Å². The lowest BCUT2D eigenvalue weighted by Crippen LogP contribution is -2.20. The Balaban J connectivity index is 1.56. The summed E-state index contributed by atoms with van der Waals surface area (Å²) in [6, 6.07) is 12.1. The highest BCUT2D eigenvalue weighted by atomic mass is 19.1. The molecule has 1 atom stereocenters. The van der Waals surface area contributed by atoms with Gasteiger partial charge < -0.3 is 19.9 Å². The monoisotopic (exact) mass is 507 g/mol. The molecule has 37 heavy (non-hydrogen) atoms. The van der Waals surface area contributed by atoms with Crippen molar-refractivity contribution in [2.24, 2.45) is 11.3 Å². The Morgan fingerprint density at radius 2 is 1.97 bits per heavy atom. The minimum Gasteiger partial charge on any atom is -0.497 e. The topological polar surface area (TPSA) is 93.6 Å². The summed E-state index contributed by atoms with van der Waals surface area (Å²) < 4.78 is 26.0. The second kappa shape index (κ2) is 11.2. The van der Waals surface area contributed by atoms with Gasteiger partial charge in [0.05, 0.1) is 25.4 Å². The first-order valence-corrected chi connectivity index (χ1v) is 12.5. The summed E-state index contributed by atoms with van der Waals surface area (Å²) in [5.41, 5.74) is 2.22. The number of nitrogens with one attached hydrogen (secondary N) is 1. The van der Waals surface area contributed by atoms with Gasteiger partial charge in [0.1, 0.15) is 29.6 Å². The van der Waals surface area contributed by atoms with Gasteiger partial charge in [0, 0.05) is 12.1 Å². The van der Waals surface area contributed by atoms with Gasteiger partial charge in [-0.05, 0) is 66.0 Å². The van der Waals surface area contributed by atoms with E-state index in [1.165, 1.54) is 13.2 Å². The van der Waals surface area contributed by atoms with E-state index in [1.807, 2.05) is 24.3 Å². The van der Waals surface area contributed by atoms with Crippen LogP contribution in [0.3, 0.4) is 0 Å². The number of carboxylic acids is 1. The van der Waals surface area contributed by atoms with Crippen LogP contribution in [-0.4, -0.2) is 34.7 Å². The second-order valence-electron chi connectivity index (χ2n) is 10.7. The fourth-order valence-corrected chi connectivity index (χ4v) is 4.21. The molecule has 2 N–H and O–H groups in total. The average molecular weight is 508 g/mol. The zero-order valence-electron chi connectivity index (χ0n) is 21.8. The van der Waals surface area contributed by atoms with Crippen molar-refractivity contribution in [2.75, 3.05) is 19.0 Å². The lowest BCUT2D eigenvalue weighted by atomic mass is 9.91. The molecule has 0 aliphatic heterocycles. The number of hydrogen-bond donors (Lipinski definition) is 2. The van der Waals surface area contributed by atoms with Gasteiger partial charge in [0.2, 0.25) is 0 Å². The lowest BCUT2D eigenvalue weighted by molar-refractivity contribution is -0.137. The van der Waals surface area contributed by atoms with Crippen LogP contribution in [0.5, 0.6) is 11.5 Å². The van der Waals surface area contributed by atoms with Gasteiger partial charge in [-0.25, -0.2) is 9.37 Å². The van der Waals surface area contributed by atoms with Crippen LogP contribution < -0.4 is 14.8 Å². The third kappa shape index (κ3) is 7.18. The number of nitrogens with zero attached hydrogens (tertiary/aromatic N) is 2. The highest BCUT2D eigenvalue weighted by molar-refractivity contribution is 5.73. The standard InChI is InChI=1S/C29H34FN3O4/c1-29(2,3)17-32-28-27(24-13-21(36-4)10-11-25(24)30)31-15-20(33-28)16-37-22-7-5-6-19(12-22)23(14-26(34)35)18-8-9-18/h5-7,10-13,15,18,23H,8-9,14,16-17H2,1-4H3,(H,32,33)(H,34,35)/t23-/m0/s1. The molecule has 196 valence electrons. The van der Waals surface area contributed by atoms with E-state index in [4.69, 9.17) is 14.5 Å². The molecular weight excluding hydrogens is 473 g/mol.